The lowest BCUT2D eigenvalue weighted by atomic mass is 10.1. The van der Waals surface area contributed by atoms with Crippen LogP contribution in [0.15, 0.2) is 0 Å². The molecule has 1 rings (SSSR count). The second-order valence-electron chi connectivity index (χ2n) is 11.2. The first-order chi connectivity index (χ1) is 22.4. The molecule has 0 aromatic heterocycles. The monoisotopic (exact) mass is 676 g/mol. The third-order valence-electron chi connectivity index (χ3n) is 7.18. The van der Waals surface area contributed by atoms with Crippen LogP contribution in [0.2, 0.25) is 0 Å². The second-order valence-corrected chi connectivity index (χ2v) is 11.2. The van der Waals surface area contributed by atoms with Crippen LogP contribution >= 0.6 is 0 Å². The van der Waals surface area contributed by atoms with Crippen molar-refractivity contribution < 1.29 is 58.7 Å². The average Bonchev–Trinajstić information content (AvgIpc) is 2.98. The van der Waals surface area contributed by atoms with Crippen LogP contribution in [0.4, 0.5) is 0 Å². The molecular formula is C29H52N6O12. The molecule has 1 aliphatic rings. The van der Waals surface area contributed by atoms with Gasteiger partial charge in [-0.05, 0) is 19.3 Å². The van der Waals surface area contributed by atoms with Gasteiger partial charge in [-0.3, -0.25) is 43.6 Å². The summed E-state index contributed by atoms with van der Waals surface area (Å²) < 4.78 is 10.7. The van der Waals surface area contributed by atoms with Gasteiger partial charge in [-0.15, -0.1) is 0 Å². The van der Waals surface area contributed by atoms with E-state index in [1.54, 1.807) is 19.6 Å². The highest BCUT2D eigenvalue weighted by atomic mass is 16.5. The third kappa shape index (κ3) is 21.9. The summed E-state index contributed by atoms with van der Waals surface area (Å²) in [6.45, 7) is 5.03. The topological polar surface area (TPSA) is 239 Å². The van der Waals surface area contributed by atoms with Crippen LogP contribution in [0.5, 0.6) is 0 Å². The van der Waals surface area contributed by atoms with Crippen molar-refractivity contribution in [3.8, 4) is 0 Å². The van der Waals surface area contributed by atoms with Crippen molar-refractivity contribution in [1.82, 2.24) is 30.2 Å². The second kappa shape index (κ2) is 24.7. The van der Waals surface area contributed by atoms with Gasteiger partial charge < -0.3 is 40.5 Å². The predicted molar refractivity (Wildman–Crippen MR) is 167 cm³/mol. The summed E-state index contributed by atoms with van der Waals surface area (Å²) >= 11 is 0. The number of hydrogen-bond donors (Lipinski definition) is 6. The third-order valence-corrected chi connectivity index (χ3v) is 7.18. The van der Waals surface area contributed by atoms with Crippen LogP contribution in [0.25, 0.3) is 0 Å². The number of carboxylic acid groups (broad SMARTS) is 4. The van der Waals surface area contributed by atoms with Crippen LogP contribution < -0.4 is 10.6 Å². The van der Waals surface area contributed by atoms with E-state index >= 15 is 0 Å². The van der Waals surface area contributed by atoms with Crippen molar-refractivity contribution >= 4 is 35.7 Å². The summed E-state index contributed by atoms with van der Waals surface area (Å²) in [6.07, 6.45) is 1.24. The van der Waals surface area contributed by atoms with Crippen LogP contribution in [-0.2, 0) is 38.2 Å². The molecule has 2 amide bonds. The van der Waals surface area contributed by atoms with Gasteiger partial charge in [0.15, 0.2) is 0 Å². The van der Waals surface area contributed by atoms with Crippen molar-refractivity contribution in [3.05, 3.63) is 0 Å². The molecule has 18 nitrogen and oxygen atoms in total. The molecular weight excluding hydrogens is 624 g/mol. The Labute approximate surface area is 274 Å². The zero-order chi connectivity index (χ0) is 35.0. The van der Waals surface area contributed by atoms with Gasteiger partial charge in [0.25, 0.3) is 0 Å². The van der Waals surface area contributed by atoms with E-state index in [2.05, 4.69) is 10.6 Å². The maximum Gasteiger partial charge on any atom is 0.326 e. The molecule has 0 spiro atoms. The van der Waals surface area contributed by atoms with E-state index in [-0.39, 0.29) is 97.3 Å². The van der Waals surface area contributed by atoms with E-state index in [4.69, 9.17) is 9.47 Å². The summed E-state index contributed by atoms with van der Waals surface area (Å²) in [5.41, 5.74) is 0. The molecule has 0 aliphatic carbocycles. The molecule has 0 unspecified atom stereocenters. The number of carbonyl (C=O) groups is 6. The highest BCUT2D eigenvalue weighted by molar-refractivity contribution is 5.85. The molecule has 0 aromatic rings. The Bertz CT molecular complexity index is 955. The summed E-state index contributed by atoms with van der Waals surface area (Å²) in [7, 11) is 0. The van der Waals surface area contributed by atoms with Gasteiger partial charge in [0.1, 0.15) is 6.04 Å². The number of hydrogen-bond acceptors (Lipinski definition) is 12. The number of carbonyl (C=O) groups excluding carboxylic acids is 2. The molecule has 1 heterocycles. The highest BCUT2D eigenvalue weighted by Gasteiger charge is 2.24. The quantitative estimate of drug-likeness (QED) is 0.0665. The maximum absolute atomic E-state index is 12.9. The molecule has 6 N–H and O–H groups in total. The SMILES string of the molecule is CCCOCCOCCCNC(=O)CC[C@H](NC(=O)CN1CCN(CC(=O)O)CCN(CC(=O)O)CCN(CC(=O)O)CC1)C(=O)O. The lowest BCUT2D eigenvalue weighted by Gasteiger charge is -2.33. The molecule has 1 saturated heterocycles. The average molecular weight is 677 g/mol. The molecule has 270 valence electrons. The molecule has 0 bridgehead atoms. The van der Waals surface area contributed by atoms with Crippen molar-refractivity contribution in [2.24, 2.45) is 0 Å². The van der Waals surface area contributed by atoms with E-state index in [0.29, 0.717) is 39.4 Å². The minimum absolute atomic E-state index is 0.125. The normalized spacial score (nSPS) is 16.8. The van der Waals surface area contributed by atoms with Gasteiger partial charge in [0, 0.05) is 78.5 Å². The number of carboxylic acids is 4. The summed E-state index contributed by atoms with van der Waals surface area (Å²) in [5.74, 6) is -5.49. The smallest absolute Gasteiger partial charge is 0.326 e. The van der Waals surface area contributed by atoms with Gasteiger partial charge in [-0.2, -0.15) is 0 Å². The van der Waals surface area contributed by atoms with Gasteiger partial charge >= 0.3 is 23.9 Å². The molecule has 47 heavy (non-hydrogen) atoms. The Morgan fingerprint density at radius 3 is 1.45 bits per heavy atom. The fraction of sp³-hybridized carbons (Fsp3) is 0.793. The standard InChI is InChI=1S/C29H52N6O12/c1-2-15-46-17-18-47-16-3-6-30-24(36)5-4-23(29(44)45)31-25(37)19-32-7-9-33(20-26(38)39)11-13-35(22-28(42)43)14-12-34(10-8-32)21-27(40)41/h23H,2-22H2,1H3,(H,30,36)(H,31,37)(H,38,39)(H,40,41)(H,42,43)(H,44,45)/t23-/m0/s1. The van der Waals surface area contributed by atoms with E-state index < -0.39 is 35.8 Å². The highest BCUT2D eigenvalue weighted by Crippen LogP contribution is 2.03. The van der Waals surface area contributed by atoms with Gasteiger partial charge in [-0.25, -0.2) is 4.79 Å². The molecule has 0 saturated carbocycles. The zero-order valence-corrected chi connectivity index (χ0v) is 27.3. The van der Waals surface area contributed by atoms with E-state index in [1.165, 1.54) is 0 Å². The number of nitrogens with zero attached hydrogens (tertiary/aromatic N) is 4. The van der Waals surface area contributed by atoms with Gasteiger partial charge in [0.05, 0.1) is 39.4 Å². The van der Waals surface area contributed by atoms with Crippen LogP contribution in [0.1, 0.15) is 32.6 Å². The Balaban J connectivity index is 2.72. The van der Waals surface area contributed by atoms with Crippen LogP contribution in [0.3, 0.4) is 0 Å². The lowest BCUT2D eigenvalue weighted by molar-refractivity contribution is -0.142. The van der Waals surface area contributed by atoms with Crippen LogP contribution in [0, 0.1) is 0 Å². The summed E-state index contributed by atoms with van der Waals surface area (Å²) in [5, 5.41) is 42.8. The Morgan fingerprint density at radius 2 is 1.04 bits per heavy atom. The fourth-order valence-corrected chi connectivity index (χ4v) is 4.72. The number of aliphatic carboxylic acids is 4. The molecule has 0 aromatic carbocycles. The Hall–Kier alpha value is -3.42. The van der Waals surface area contributed by atoms with E-state index in [0.717, 1.165) is 6.42 Å². The summed E-state index contributed by atoms with van der Waals surface area (Å²) in [4.78, 5) is 77.8. The Kier molecular flexibility index (Phi) is 21.9. The Morgan fingerprint density at radius 1 is 0.617 bits per heavy atom. The first-order valence-electron chi connectivity index (χ1n) is 15.9. The van der Waals surface area contributed by atoms with Crippen molar-refractivity contribution in [2.45, 2.75) is 38.6 Å². The van der Waals surface area contributed by atoms with Gasteiger partial charge in [0.2, 0.25) is 11.8 Å². The first kappa shape index (κ1) is 41.6. The van der Waals surface area contributed by atoms with E-state index in [1.807, 2.05) is 6.92 Å². The number of rotatable bonds is 22. The molecule has 1 fully saturated rings. The lowest BCUT2D eigenvalue weighted by Crippen LogP contribution is -2.51. The maximum atomic E-state index is 12.9. The first-order valence-corrected chi connectivity index (χ1v) is 15.9. The zero-order valence-electron chi connectivity index (χ0n) is 27.3. The summed E-state index contributed by atoms with van der Waals surface area (Å²) in [6, 6.07) is -1.32. The largest absolute Gasteiger partial charge is 0.480 e. The predicted octanol–water partition coefficient (Wildman–Crippen LogP) is -2.24. The van der Waals surface area contributed by atoms with Crippen molar-refractivity contribution in [3.63, 3.8) is 0 Å². The van der Waals surface area contributed by atoms with Gasteiger partial charge in [-0.1, -0.05) is 6.92 Å². The van der Waals surface area contributed by atoms with Crippen molar-refractivity contribution in [1.29, 1.82) is 0 Å². The number of nitrogens with one attached hydrogen (secondary N) is 2. The fourth-order valence-electron chi connectivity index (χ4n) is 4.72. The molecule has 0 radical (unpaired) electrons. The molecule has 1 aliphatic heterocycles. The molecule has 1 atom stereocenters. The number of ether oxygens (including phenoxy) is 2. The minimum atomic E-state index is -1.32. The van der Waals surface area contributed by atoms with Crippen molar-refractivity contribution in [2.75, 3.05) is 112 Å². The van der Waals surface area contributed by atoms with E-state index in [9.17, 15) is 49.2 Å². The molecule has 18 heteroatoms. The van der Waals surface area contributed by atoms with Crippen LogP contribution in [-0.4, -0.2) is 193 Å². The number of amides is 2. The minimum Gasteiger partial charge on any atom is -0.480 e.